The van der Waals surface area contributed by atoms with Crippen molar-refractivity contribution >= 4 is 0 Å². The summed E-state index contributed by atoms with van der Waals surface area (Å²) in [5.41, 5.74) is -0.743. The molecule has 0 aromatic heterocycles. The number of fused-ring (bicyclic) bond motifs is 1. The van der Waals surface area contributed by atoms with Crippen LogP contribution in [0.1, 0.15) is 39.0 Å². The topological polar surface area (TPSA) is 26.7 Å². The monoisotopic (exact) mass is 264 g/mol. The average Bonchev–Trinajstić information content (AvgIpc) is 2.39. The number of nitrogens with zero attached hydrogens (tertiary/aromatic N) is 2. The van der Waals surface area contributed by atoms with E-state index in [-0.39, 0.29) is 0 Å². The summed E-state index contributed by atoms with van der Waals surface area (Å²) in [5, 5.41) is 11.0. The molecule has 0 bridgehead atoms. The lowest BCUT2D eigenvalue weighted by atomic mass is 9.69. The first-order valence-electron chi connectivity index (χ1n) is 7.68. The Balaban J connectivity index is 2.13. The predicted octanol–water partition coefficient (Wildman–Crippen LogP) is 1.57. The molecule has 0 amide bonds. The molecule has 0 spiro atoms. The maximum Gasteiger partial charge on any atom is 0.131 e. The molecular formula is C16H28N2O. The fourth-order valence-electron chi connectivity index (χ4n) is 3.67. The average molecular weight is 264 g/mol. The van der Waals surface area contributed by atoms with Crippen molar-refractivity contribution in [2.75, 3.05) is 33.7 Å². The fraction of sp³-hybridized carbons (Fsp3) is 0.875. The van der Waals surface area contributed by atoms with Crippen molar-refractivity contribution in [3.63, 3.8) is 0 Å². The SMILES string of the molecule is CCN1CC[C@@](O)(C#CCN(C)C)[C@H]2CCCC[C@@H]21. The Hall–Kier alpha value is -0.560. The van der Waals surface area contributed by atoms with Gasteiger partial charge in [0, 0.05) is 24.9 Å². The number of aliphatic hydroxyl groups is 1. The Kier molecular flexibility index (Phi) is 4.89. The molecule has 0 aromatic rings. The predicted molar refractivity (Wildman–Crippen MR) is 78.9 cm³/mol. The smallest absolute Gasteiger partial charge is 0.131 e. The van der Waals surface area contributed by atoms with Gasteiger partial charge in [0.15, 0.2) is 0 Å². The minimum Gasteiger partial charge on any atom is -0.377 e. The third-order valence-corrected chi connectivity index (χ3v) is 4.70. The molecule has 1 aliphatic carbocycles. The third-order valence-electron chi connectivity index (χ3n) is 4.70. The van der Waals surface area contributed by atoms with Gasteiger partial charge in [-0.1, -0.05) is 31.6 Å². The Bertz CT molecular complexity index is 357. The molecule has 1 saturated heterocycles. The van der Waals surface area contributed by atoms with E-state index in [4.69, 9.17) is 0 Å². The Morgan fingerprint density at radius 1 is 1.32 bits per heavy atom. The summed E-state index contributed by atoms with van der Waals surface area (Å²) in [6.45, 7) is 5.05. The second-order valence-corrected chi connectivity index (χ2v) is 6.30. The third kappa shape index (κ3) is 3.31. The lowest BCUT2D eigenvalue weighted by Gasteiger charge is -2.50. The van der Waals surface area contributed by atoms with Crippen LogP contribution in [0, 0.1) is 17.8 Å². The number of hydrogen-bond acceptors (Lipinski definition) is 3. The largest absolute Gasteiger partial charge is 0.377 e. The fourth-order valence-corrected chi connectivity index (χ4v) is 3.67. The molecule has 3 nitrogen and oxygen atoms in total. The lowest BCUT2D eigenvalue weighted by Crippen LogP contribution is -2.58. The minimum absolute atomic E-state index is 0.351. The van der Waals surface area contributed by atoms with Gasteiger partial charge in [0.1, 0.15) is 5.60 Å². The normalized spacial score (nSPS) is 35.6. The lowest BCUT2D eigenvalue weighted by molar-refractivity contribution is -0.0765. The first-order chi connectivity index (χ1) is 9.07. The van der Waals surface area contributed by atoms with E-state index in [1.807, 2.05) is 14.1 Å². The Morgan fingerprint density at radius 3 is 2.74 bits per heavy atom. The van der Waals surface area contributed by atoms with Crippen LogP contribution < -0.4 is 0 Å². The molecule has 1 N–H and O–H groups in total. The molecule has 0 aromatic carbocycles. The number of piperidine rings is 1. The van der Waals surface area contributed by atoms with Gasteiger partial charge in [0.05, 0.1) is 6.54 Å². The van der Waals surface area contributed by atoms with Crippen molar-refractivity contribution in [1.29, 1.82) is 0 Å². The second kappa shape index (κ2) is 6.26. The molecule has 0 radical (unpaired) electrons. The highest BCUT2D eigenvalue weighted by Crippen LogP contribution is 2.41. The van der Waals surface area contributed by atoms with Gasteiger partial charge in [-0.2, -0.15) is 0 Å². The number of rotatable bonds is 2. The van der Waals surface area contributed by atoms with Crippen LogP contribution >= 0.6 is 0 Å². The zero-order valence-corrected chi connectivity index (χ0v) is 12.7. The molecular weight excluding hydrogens is 236 g/mol. The van der Waals surface area contributed by atoms with Gasteiger partial charge in [-0.05, 0) is 33.5 Å². The molecule has 1 aliphatic heterocycles. The van der Waals surface area contributed by atoms with E-state index in [0.717, 1.165) is 32.5 Å². The quantitative estimate of drug-likeness (QED) is 0.767. The van der Waals surface area contributed by atoms with Crippen LogP contribution in [-0.4, -0.2) is 60.3 Å². The van der Waals surface area contributed by atoms with E-state index in [2.05, 4.69) is 28.6 Å². The summed E-state index contributed by atoms with van der Waals surface area (Å²) in [4.78, 5) is 4.60. The van der Waals surface area contributed by atoms with Crippen molar-refractivity contribution in [3.05, 3.63) is 0 Å². The van der Waals surface area contributed by atoms with E-state index in [0.29, 0.717) is 12.0 Å². The molecule has 0 unspecified atom stereocenters. The molecule has 2 rings (SSSR count). The first-order valence-corrected chi connectivity index (χ1v) is 7.68. The summed E-state index contributed by atoms with van der Waals surface area (Å²) < 4.78 is 0. The van der Waals surface area contributed by atoms with Crippen LogP contribution in [0.3, 0.4) is 0 Å². The standard InChI is InChI=1S/C16H28N2O/c1-4-18-13-11-16(19,10-7-12-17(2)3)14-8-5-6-9-15(14)18/h14-15,19H,4-6,8-9,11-13H2,1-3H3/t14-,15-,16-/m0/s1. The number of likely N-dealkylation sites (tertiary alicyclic amines) is 1. The summed E-state index contributed by atoms with van der Waals surface area (Å²) in [5.74, 6) is 6.73. The highest BCUT2D eigenvalue weighted by Gasteiger charge is 2.46. The summed E-state index contributed by atoms with van der Waals surface area (Å²) >= 11 is 0. The van der Waals surface area contributed by atoms with Crippen LogP contribution in [-0.2, 0) is 0 Å². The highest BCUT2D eigenvalue weighted by atomic mass is 16.3. The first kappa shape index (κ1) is 14.8. The van der Waals surface area contributed by atoms with Gasteiger partial charge in [0.25, 0.3) is 0 Å². The molecule has 1 saturated carbocycles. The van der Waals surface area contributed by atoms with Gasteiger partial charge < -0.3 is 10.0 Å². The molecule has 3 atom stereocenters. The van der Waals surface area contributed by atoms with Crippen LogP contribution in [0.25, 0.3) is 0 Å². The van der Waals surface area contributed by atoms with Gasteiger partial charge in [-0.15, -0.1) is 0 Å². The zero-order chi connectivity index (χ0) is 13.9. The second-order valence-electron chi connectivity index (χ2n) is 6.30. The van der Waals surface area contributed by atoms with E-state index in [9.17, 15) is 5.11 Å². The summed E-state index contributed by atoms with van der Waals surface area (Å²) in [6.07, 6.45) is 5.72. The van der Waals surface area contributed by atoms with Crippen LogP contribution in [0.15, 0.2) is 0 Å². The Morgan fingerprint density at radius 2 is 2.05 bits per heavy atom. The maximum absolute atomic E-state index is 11.0. The van der Waals surface area contributed by atoms with Gasteiger partial charge >= 0.3 is 0 Å². The van der Waals surface area contributed by atoms with E-state index >= 15 is 0 Å². The van der Waals surface area contributed by atoms with Crippen LogP contribution in [0.2, 0.25) is 0 Å². The van der Waals surface area contributed by atoms with Gasteiger partial charge in [-0.3, -0.25) is 4.90 Å². The van der Waals surface area contributed by atoms with Crippen molar-refractivity contribution < 1.29 is 5.11 Å². The van der Waals surface area contributed by atoms with Crippen molar-refractivity contribution in [1.82, 2.24) is 9.80 Å². The van der Waals surface area contributed by atoms with Gasteiger partial charge in [-0.25, -0.2) is 0 Å². The minimum atomic E-state index is -0.743. The van der Waals surface area contributed by atoms with E-state index in [1.165, 1.54) is 19.3 Å². The van der Waals surface area contributed by atoms with E-state index in [1.54, 1.807) is 0 Å². The molecule has 19 heavy (non-hydrogen) atoms. The maximum atomic E-state index is 11.0. The Labute approximate surface area is 118 Å². The van der Waals surface area contributed by atoms with Crippen molar-refractivity contribution in [2.45, 2.75) is 50.7 Å². The van der Waals surface area contributed by atoms with Crippen LogP contribution in [0.4, 0.5) is 0 Å². The number of hydrogen-bond donors (Lipinski definition) is 1. The van der Waals surface area contributed by atoms with E-state index < -0.39 is 5.60 Å². The van der Waals surface area contributed by atoms with Gasteiger partial charge in [0.2, 0.25) is 0 Å². The molecule has 3 heteroatoms. The van der Waals surface area contributed by atoms with Crippen molar-refractivity contribution in [3.8, 4) is 11.8 Å². The zero-order valence-electron chi connectivity index (χ0n) is 12.7. The molecule has 108 valence electrons. The summed E-state index contributed by atoms with van der Waals surface area (Å²) in [7, 11) is 4.03. The molecule has 2 aliphatic rings. The van der Waals surface area contributed by atoms with Crippen LogP contribution in [0.5, 0.6) is 0 Å². The highest BCUT2D eigenvalue weighted by molar-refractivity contribution is 5.20. The molecule has 2 fully saturated rings. The summed E-state index contributed by atoms with van der Waals surface area (Å²) in [6, 6.07) is 0.547. The van der Waals surface area contributed by atoms with Crippen molar-refractivity contribution in [2.24, 2.45) is 5.92 Å². The molecule has 1 heterocycles.